The van der Waals surface area contributed by atoms with Crippen molar-refractivity contribution < 1.29 is 9.53 Å². The fraction of sp³-hybridized carbons (Fsp3) is 0.435. The van der Waals surface area contributed by atoms with Crippen LogP contribution < -0.4 is 15.0 Å². The van der Waals surface area contributed by atoms with Gasteiger partial charge in [-0.2, -0.15) is 0 Å². The minimum absolute atomic E-state index is 0.00770. The number of nitrogens with zero attached hydrogens (tertiary/aromatic N) is 2. The molecule has 2 aromatic carbocycles. The van der Waals surface area contributed by atoms with Crippen LogP contribution in [0, 0.1) is 0 Å². The SMILES string of the molecule is COc1cccc(N2CCN(CC(=O)Nc3ccccc3C(C)(C)C)CC2)c1. The lowest BCUT2D eigenvalue weighted by Crippen LogP contribution is -2.48. The van der Waals surface area contributed by atoms with Gasteiger partial charge in [0.2, 0.25) is 5.91 Å². The van der Waals surface area contributed by atoms with E-state index in [1.165, 1.54) is 5.69 Å². The van der Waals surface area contributed by atoms with Crippen molar-refractivity contribution in [2.24, 2.45) is 0 Å². The zero-order valence-electron chi connectivity index (χ0n) is 17.4. The first-order chi connectivity index (χ1) is 13.4. The normalized spacial score (nSPS) is 15.4. The zero-order valence-corrected chi connectivity index (χ0v) is 17.4. The number of piperazine rings is 1. The van der Waals surface area contributed by atoms with Crippen LogP contribution in [0.2, 0.25) is 0 Å². The van der Waals surface area contributed by atoms with Gasteiger partial charge in [-0.15, -0.1) is 0 Å². The third-order valence-electron chi connectivity index (χ3n) is 5.17. The van der Waals surface area contributed by atoms with Gasteiger partial charge in [0.15, 0.2) is 0 Å². The lowest BCUT2D eigenvalue weighted by Gasteiger charge is -2.36. The maximum absolute atomic E-state index is 12.6. The molecule has 0 unspecified atom stereocenters. The lowest BCUT2D eigenvalue weighted by atomic mass is 9.86. The van der Waals surface area contributed by atoms with E-state index < -0.39 is 0 Å². The lowest BCUT2D eigenvalue weighted by molar-refractivity contribution is -0.117. The molecule has 5 heteroatoms. The number of ether oxygens (including phenoxy) is 1. The number of methoxy groups -OCH3 is 1. The van der Waals surface area contributed by atoms with Gasteiger partial charge in [0, 0.05) is 43.6 Å². The summed E-state index contributed by atoms with van der Waals surface area (Å²) in [4.78, 5) is 17.2. The van der Waals surface area contributed by atoms with E-state index in [9.17, 15) is 4.79 Å². The number of anilines is 2. The molecule has 0 atom stereocenters. The van der Waals surface area contributed by atoms with Gasteiger partial charge < -0.3 is 15.0 Å². The van der Waals surface area contributed by atoms with Crippen molar-refractivity contribution in [3.63, 3.8) is 0 Å². The van der Waals surface area contributed by atoms with E-state index in [2.05, 4.69) is 54.1 Å². The van der Waals surface area contributed by atoms with Crippen LogP contribution in [0.15, 0.2) is 48.5 Å². The van der Waals surface area contributed by atoms with Crippen LogP contribution in [0.3, 0.4) is 0 Å². The molecule has 0 aliphatic carbocycles. The topological polar surface area (TPSA) is 44.8 Å². The minimum atomic E-state index is -0.00770. The number of rotatable bonds is 5. The van der Waals surface area contributed by atoms with Crippen molar-refractivity contribution in [1.29, 1.82) is 0 Å². The number of hydrogen-bond donors (Lipinski definition) is 1. The Bertz CT molecular complexity index is 805. The second-order valence-corrected chi connectivity index (χ2v) is 8.31. The molecule has 1 fully saturated rings. The number of amides is 1. The maximum Gasteiger partial charge on any atom is 0.238 e. The number of carbonyl (C=O) groups excluding carboxylic acids is 1. The molecule has 2 aromatic rings. The average molecular weight is 382 g/mol. The number of benzene rings is 2. The van der Waals surface area contributed by atoms with Crippen molar-refractivity contribution in [3.05, 3.63) is 54.1 Å². The van der Waals surface area contributed by atoms with E-state index in [1.54, 1.807) is 7.11 Å². The van der Waals surface area contributed by atoms with Gasteiger partial charge in [-0.25, -0.2) is 0 Å². The number of para-hydroxylation sites is 1. The van der Waals surface area contributed by atoms with Crippen molar-refractivity contribution in [2.75, 3.05) is 50.1 Å². The molecule has 1 N–H and O–H groups in total. The Morgan fingerprint density at radius 1 is 1.04 bits per heavy atom. The van der Waals surface area contributed by atoms with E-state index in [0.717, 1.165) is 43.2 Å². The third-order valence-corrected chi connectivity index (χ3v) is 5.17. The van der Waals surface area contributed by atoms with Gasteiger partial charge in [-0.3, -0.25) is 9.69 Å². The Morgan fingerprint density at radius 3 is 2.43 bits per heavy atom. The van der Waals surface area contributed by atoms with E-state index in [-0.39, 0.29) is 11.3 Å². The van der Waals surface area contributed by atoms with Gasteiger partial charge in [-0.1, -0.05) is 45.0 Å². The molecule has 0 spiro atoms. The average Bonchev–Trinajstić information content (AvgIpc) is 2.68. The summed E-state index contributed by atoms with van der Waals surface area (Å²) in [7, 11) is 1.69. The standard InChI is InChI=1S/C23H31N3O2/c1-23(2,3)20-10-5-6-11-21(20)24-22(27)17-25-12-14-26(15-13-25)18-8-7-9-19(16-18)28-4/h5-11,16H,12-15,17H2,1-4H3,(H,24,27). The Morgan fingerprint density at radius 2 is 1.75 bits per heavy atom. The maximum atomic E-state index is 12.6. The highest BCUT2D eigenvalue weighted by molar-refractivity contribution is 5.93. The van der Waals surface area contributed by atoms with Crippen LogP contribution in [0.5, 0.6) is 5.75 Å². The van der Waals surface area contributed by atoms with Crippen LogP contribution in [0.4, 0.5) is 11.4 Å². The smallest absolute Gasteiger partial charge is 0.238 e. The fourth-order valence-corrected chi connectivity index (χ4v) is 3.61. The summed E-state index contributed by atoms with van der Waals surface area (Å²) in [6, 6.07) is 16.2. The Labute approximate surface area is 168 Å². The predicted octanol–water partition coefficient (Wildman–Crippen LogP) is 3.75. The number of nitrogens with one attached hydrogen (secondary N) is 1. The summed E-state index contributed by atoms with van der Waals surface area (Å²) in [6.07, 6.45) is 0. The molecule has 1 heterocycles. The molecule has 1 aliphatic rings. The molecule has 0 aromatic heterocycles. The van der Waals surface area contributed by atoms with Gasteiger partial charge >= 0.3 is 0 Å². The predicted molar refractivity (Wildman–Crippen MR) is 115 cm³/mol. The van der Waals surface area contributed by atoms with Crippen molar-refractivity contribution >= 4 is 17.3 Å². The summed E-state index contributed by atoms with van der Waals surface area (Å²) in [6.45, 7) is 10.4. The summed E-state index contributed by atoms with van der Waals surface area (Å²) in [5, 5.41) is 3.11. The number of hydrogen-bond acceptors (Lipinski definition) is 4. The molecular weight excluding hydrogens is 350 g/mol. The summed E-state index contributed by atoms with van der Waals surface area (Å²) in [5.74, 6) is 0.920. The molecule has 1 saturated heterocycles. The van der Waals surface area contributed by atoms with Crippen molar-refractivity contribution in [1.82, 2.24) is 4.90 Å². The minimum Gasteiger partial charge on any atom is -0.497 e. The Hall–Kier alpha value is -2.53. The van der Waals surface area contributed by atoms with E-state index >= 15 is 0 Å². The van der Waals surface area contributed by atoms with Crippen molar-refractivity contribution in [2.45, 2.75) is 26.2 Å². The van der Waals surface area contributed by atoms with Gasteiger partial charge in [-0.05, 0) is 29.2 Å². The molecule has 1 amide bonds. The first-order valence-corrected chi connectivity index (χ1v) is 9.87. The first-order valence-electron chi connectivity index (χ1n) is 9.87. The first kappa shape index (κ1) is 20.2. The number of carbonyl (C=O) groups is 1. The molecule has 28 heavy (non-hydrogen) atoms. The molecule has 5 nitrogen and oxygen atoms in total. The van der Waals surface area contributed by atoms with Crippen LogP contribution in [0.25, 0.3) is 0 Å². The molecule has 0 saturated carbocycles. The molecule has 3 rings (SSSR count). The zero-order chi connectivity index (χ0) is 20.1. The molecular formula is C23H31N3O2. The summed E-state index contributed by atoms with van der Waals surface area (Å²) < 4.78 is 5.32. The van der Waals surface area contributed by atoms with Crippen LogP contribution in [-0.4, -0.2) is 50.6 Å². The quantitative estimate of drug-likeness (QED) is 0.857. The van der Waals surface area contributed by atoms with Crippen molar-refractivity contribution in [3.8, 4) is 5.75 Å². The highest BCUT2D eigenvalue weighted by Crippen LogP contribution is 2.29. The fourth-order valence-electron chi connectivity index (χ4n) is 3.61. The second kappa shape index (κ2) is 8.65. The van der Waals surface area contributed by atoms with Crippen LogP contribution >= 0.6 is 0 Å². The van der Waals surface area contributed by atoms with E-state index in [1.807, 2.05) is 30.3 Å². The van der Waals surface area contributed by atoms with E-state index in [4.69, 9.17) is 4.74 Å². The largest absolute Gasteiger partial charge is 0.497 e. The van der Waals surface area contributed by atoms with Gasteiger partial charge in [0.25, 0.3) is 0 Å². The van der Waals surface area contributed by atoms with Crippen LogP contribution in [0.1, 0.15) is 26.3 Å². The van der Waals surface area contributed by atoms with Gasteiger partial charge in [0.05, 0.1) is 13.7 Å². The Balaban J connectivity index is 1.54. The Kier molecular flexibility index (Phi) is 6.25. The molecule has 0 bridgehead atoms. The van der Waals surface area contributed by atoms with E-state index in [0.29, 0.717) is 6.54 Å². The summed E-state index contributed by atoms with van der Waals surface area (Å²) in [5.41, 5.74) is 3.23. The van der Waals surface area contributed by atoms with Crippen LogP contribution in [-0.2, 0) is 10.2 Å². The third kappa shape index (κ3) is 5.04. The molecule has 0 radical (unpaired) electrons. The second-order valence-electron chi connectivity index (χ2n) is 8.31. The monoisotopic (exact) mass is 381 g/mol. The molecule has 1 aliphatic heterocycles. The summed E-state index contributed by atoms with van der Waals surface area (Å²) >= 11 is 0. The highest BCUT2D eigenvalue weighted by atomic mass is 16.5. The highest BCUT2D eigenvalue weighted by Gasteiger charge is 2.22. The van der Waals surface area contributed by atoms with Gasteiger partial charge in [0.1, 0.15) is 5.75 Å². The molecule has 150 valence electrons.